The van der Waals surface area contributed by atoms with Crippen LogP contribution in [0.1, 0.15) is 36.5 Å². The van der Waals surface area contributed by atoms with Crippen molar-refractivity contribution in [3.8, 4) is 0 Å². The lowest BCUT2D eigenvalue weighted by Crippen LogP contribution is -2.50. The van der Waals surface area contributed by atoms with Crippen LogP contribution in [0.4, 0.5) is 5.69 Å². The molecule has 0 radical (unpaired) electrons. The number of rotatable bonds is 8. The zero-order chi connectivity index (χ0) is 19.9. The van der Waals surface area contributed by atoms with E-state index in [1.165, 1.54) is 6.42 Å². The highest BCUT2D eigenvalue weighted by Crippen LogP contribution is 2.33. The summed E-state index contributed by atoms with van der Waals surface area (Å²) in [5, 5.41) is 9.39. The lowest BCUT2D eigenvalue weighted by molar-refractivity contribution is -0.115. The van der Waals surface area contributed by atoms with Crippen molar-refractivity contribution in [3.05, 3.63) is 60.2 Å². The average molecular weight is 399 g/mol. The lowest BCUT2D eigenvalue weighted by Gasteiger charge is -2.42. The molecule has 1 fully saturated rings. The minimum absolute atomic E-state index is 0.0522. The Morgan fingerprint density at radius 3 is 2.43 bits per heavy atom. The van der Waals surface area contributed by atoms with E-state index in [1.54, 1.807) is 36.9 Å². The van der Waals surface area contributed by atoms with Gasteiger partial charge in [0.2, 0.25) is 0 Å². The molecule has 5 nitrogen and oxygen atoms in total. The molecule has 0 bridgehead atoms. The normalized spacial score (nSPS) is 15.8. The number of carboxylic acids is 1. The quantitative estimate of drug-likeness (QED) is 0.527. The highest BCUT2D eigenvalue weighted by molar-refractivity contribution is 8.00. The largest absolute Gasteiger partial charge is 0.478 e. The third kappa shape index (κ3) is 5.36. The van der Waals surface area contributed by atoms with Crippen LogP contribution in [0.3, 0.4) is 0 Å². The first-order chi connectivity index (χ1) is 13.5. The van der Waals surface area contributed by atoms with Crippen molar-refractivity contribution >= 4 is 29.2 Å². The van der Waals surface area contributed by atoms with Gasteiger partial charge in [-0.3, -0.25) is 9.69 Å². The Kier molecular flexibility index (Phi) is 7.12. The van der Waals surface area contributed by atoms with Gasteiger partial charge in [-0.05, 0) is 50.1 Å². The van der Waals surface area contributed by atoms with E-state index < -0.39 is 5.97 Å². The summed E-state index contributed by atoms with van der Waals surface area (Å²) in [5.41, 5.74) is 0.915. The van der Waals surface area contributed by atoms with Crippen molar-refractivity contribution < 1.29 is 14.7 Å². The second-order valence-electron chi connectivity index (χ2n) is 7.04. The number of piperidine rings is 1. The predicted molar refractivity (Wildman–Crippen MR) is 113 cm³/mol. The van der Waals surface area contributed by atoms with Crippen LogP contribution in [0.15, 0.2) is 59.5 Å². The molecule has 1 N–H and O–H groups in total. The summed E-state index contributed by atoms with van der Waals surface area (Å²) in [4.78, 5) is 29.1. The van der Waals surface area contributed by atoms with Crippen LogP contribution in [0.25, 0.3) is 0 Å². The van der Waals surface area contributed by atoms with Crippen molar-refractivity contribution in [1.29, 1.82) is 0 Å². The number of likely N-dealkylation sites (tertiary alicyclic amines) is 1. The maximum Gasteiger partial charge on any atom is 0.335 e. The maximum atomic E-state index is 12.1. The van der Waals surface area contributed by atoms with Crippen LogP contribution in [-0.2, 0) is 4.79 Å². The zero-order valence-electron chi connectivity index (χ0n) is 16.1. The molecular weight excluding hydrogens is 372 g/mol. The minimum atomic E-state index is -0.963. The molecule has 2 aromatic carbocycles. The molecule has 0 saturated carbocycles. The van der Waals surface area contributed by atoms with Gasteiger partial charge in [-0.25, -0.2) is 4.79 Å². The smallest absolute Gasteiger partial charge is 0.335 e. The molecule has 0 amide bonds. The van der Waals surface area contributed by atoms with E-state index in [0.717, 1.165) is 36.5 Å². The zero-order valence-corrected chi connectivity index (χ0v) is 16.9. The van der Waals surface area contributed by atoms with Crippen LogP contribution in [0.5, 0.6) is 0 Å². The fraction of sp³-hybridized carbons (Fsp3) is 0.364. The molecule has 1 aliphatic heterocycles. The van der Waals surface area contributed by atoms with Gasteiger partial charge >= 0.3 is 5.97 Å². The Morgan fingerprint density at radius 1 is 1.07 bits per heavy atom. The Bertz CT molecular complexity index is 806. The van der Waals surface area contributed by atoms with Crippen molar-refractivity contribution in [1.82, 2.24) is 4.90 Å². The van der Waals surface area contributed by atoms with Crippen LogP contribution in [0, 0.1) is 0 Å². The molecule has 6 heteroatoms. The number of Topliss-reactive ketones (excluding diaryl/α,β-unsaturated/α-hetero) is 1. The number of anilines is 1. The van der Waals surface area contributed by atoms with E-state index in [2.05, 4.69) is 17.0 Å². The molecule has 1 unspecified atom stereocenters. The predicted octanol–water partition coefficient (Wildman–Crippen LogP) is 4.34. The second-order valence-corrected chi connectivity index (χ2v) is 8.17. The topological polar surface area (TPSA) is 60.9 Å². The third-order valence-electron chi connectivity index (χ3n) is 4.77. The Balaban J connectivity index is 1.98. The number of hydrogen-bond acceptors (Lipinski definition) is 5. The highest BCUT2D eigenvalue weighted by Gasteiger charge is 2.29. The molecule has 28 heavy (non-hydrogen) atoms. The number of benzene rings is 2. The number of thioether (sulfide) groups is 1. The van der Waals surface area contributed by atoms with Crippen LogP contribution in [-0.4, -0.2) is 46.9 Å². The fourth-order valence-electron chi connectivity index (χ4n) is 3.45. The molecule has 1 saturated heterocycles. The summed E-state index contributed by atoms with van der Waals surface area (Å²) >= 11 is 1.71. The molecule has 0 spiro atoms. The Labute approximate surface area is 170 Å². The number of nitrogens with zero attached hydrogens (tertiary/aromatic N) is 2. The molecule has 1 heterocycles. The first-order valence-electron chi connectivity index (χ1n) is 9.60. The van der Waals surface area contributed by atoms with Crippen LogP contribution < -0.4 is 4.90 Å². The first-order valence-corrected chi connectivity index (χ1v) is 10.5. The molecule has 148 valence electrons. The summed E-state index contributed by atoms with van der Waals surface area (Å²) < 4.78 is 0. The van der Waals surface area contributed by atoms with Crippen molar-refractivity contribution in [2.75, 3.05) is 24.5 Å². The van der Waals surface area contributed by atoms with Gasteiger partial charge in [0.15, 0.2) is 0 Å². The van der Waals surface area contributed by atoms with Crippen LogP contribution in [0.2, 0.25) is 0 Å². The number of carbonyl (C=O) groups is 2. The van der Waals surface area contributed by atoms with E-state index in [0.29, 0.717) is 0 Å². The van der Waals surface area contributed by atoms with Crippen molar-refractivity contribution in [3.63, 3.8) is 0 Å². The number of ketones is 1. The minimum Gasteiger partial charge on any atom is -0.478 e. The van der Waals surface area contributed by atoms with E-state index in [4.69, 9.17) is 0 Å². The van der Waals surface area contributed by atoms with Gasteiger partial charge < -0.3 is 10.0 Å². The lowest BCUT2D eigenvalue weighted by atomic mass is 10.1. The van der Waals surface area contributed by atoms with Gasteiger partial charge in [-0.2, -0.15) is 0 Å². The van der Waals surface area contributed by atoms with E-state index in [9.17, 15) is 14.7 Å². The number of hydrogen-bond donors (Lipinski definition) is 1. The van der Waals surface area contributed by atoms with E-state index in [1.807, 2.05) is 29.2 Å². The molecule has 1 atom stereocenters. The number of aromatic carboxylic acids is 1. The van der Waals surface area contributed by atoms with Gasteiger partial charge in [0, 0.05) is 23.7 Å². The Morgan fingerprint density at radius 2 is 1.79 bits per heavy atom. The summed E-state index contributed by atoms with van der Waals surface area (Å²) in [6.07, 6.45) is 3.49. The van der Waals surface area contributed by atoms with Gasteiger partial charge in [0.25, 0.3) is 0 Å². The van der Waals surface area contributed by atoms with E-state index >= 15 is 0 Å². The molecule has 0 aliphatic carbocycles. The van der Waals surface area contributed by atoms with Gasteiger partial charge in [0.05, 0.1) is 12.1 Å². The maximum absolute atomic E-state index is 12.1. The summed E-state index contributed by atoms with van der Waals surface area (Å²) in [6, 6.07) is 17.0. The van der Waals surface area contributed by atoms with Gasteiger partial charge in [-0.15, -0.1) is 0 Å². The molecule has 1 aliphatic rings. The second kappa shape index (κ2) is 9.75. The van der Waals surface area contributed by atoms with Crippen molar-refractivity contribution in [2.24, 2.45) is 0 Å². The van der Waals surface area contributed by atoms with Gasteiger partial charge in [-0.1, -0.05) is 42.4 Å². The number of carboxylic acid groups (broad SMARTS) is 1. The average Bonchev–Trinajstić information content (AvgIpc) is 2.72. The summed E-state index contributed by atoms with van der Waals surface area (Å²) in [7, 11) is 0. The van der Waals surface area contributed by atoms with Crippen LogP contribution >= 0.6 is 11.8 Å². The molecule has 2 aromatic rings. The SMILES string of the molecule is CC(=O)CN(c1cccc(C(=O)O)c1)C(Sc1ccccc1)N1CCCCC1. The highest BCUT2D eigenvalue weighted by atomic mass is 32.2. The summed E-state index contributed by atoms with van der Waals surface area (Å²) in [5.74, 6) is -0.911. The van der Waals surface area contributed by atoms with Crippen molar-refractivity contribution in [2.45, 2.75) is 36.6 Å². The molecule has 3 rings (SSSR count). The summed E-state index contributed by atoms with van der Waals surface area (Å²) in [6.45, 7) is 3.76. The fourth-order valence-corrected chi connectivity index (χ4v) is 4.69. The first kappa shape index (κ1) is 20.4. The monoisotopic (exact) mass is 398 g/mol. The molecule has 0 aromatic heterocycles. The Hall–Kier alpha value is -2.31. The standard InChI is InChI=1S/C22H26N2O3S/c1-17(25)16-24(19-10-8-9-18(15-19)21(26)27)22(23-13-6-3-7-14-23)28-20-11-4-2-5-12-20/h2,4-5,8-12,15,22H,3,6-7,13-14,16H2,1H3,(H,26,27). The van der Waals surface area contributed by atoms with Gasteiger partial charge in [0.1, 0.15) is 11.3 Å². The number of carbonyl (C=O) groups excluding carboxylic acids is 1. The molecular formula is C22H26N2O3S. The third-order valence-corrected chi connectivity index (χ3v) is 6.08. The van der Waals surface area contributed by atoms with E-state index in [-0.39, 0.29) is 23.4 Å².